The maximum Gasteiger partial charge on any atom is 0.443 e. The molecule has 2 heterocycles. The fourth-order valence-electron chi connectivity index (χ4n) is 2.45. The number of hydrogen-bond donors (Lipinski definition) is 2. The van der Waals surface area contributed by atoms with E-state index in [0.717, 1.165) is 37.1 Å². The molecule has 0 unspecified atom stereocenters. The van der Waals surface area contributed by atoms with Crippen molar-refractivity contribution in [2.75, 3.05) is 6.54 Å². The molecular weight excluding hydrogens is 266 g/mol. The van der Waals surface area contributed by atoms with Crippen LogP contribution in [0.25, 0.3) is 0 Å². The van der Waals surface area contributed by atoms with Gasteiger partial charge in [-0.1, -0.05) is 18.5 Å². The minimum absolute atomic E-state index is 0.499. The number of allylic oxidation sites excluding steroid dienone is 2. The maximum absolute atomic E-state index is 5.31. The van der Waals surface area contributed by atoms with Gasteiger partial charge in [0.2, 0.25) is 5.89 Å². The molecule has 2 N–H and O–H groups in total. The highest BCUT2D eigenvalue weighted by atomic mass is 16.5. The lowest BCUT2D eigenvalue weighted by Gasteiger charge is -2.20. The van der Waals surface area contributed by atoms with Gasteiger partial charge in [-0.25, -0.2) is 9.98 Å². The van der Waals surface area contributed by atoms with Gasteiger partial charge in [-0.15, -0.1) is 0 Å². The summed E-state index contributed by atoms with van der Waals surface area (Å²) in [4.78, 5) is 4.46. The summed E-state index contributed by atoms with van der Waals surface area (Å²) >= 11 is 0. The van der Waals surface area contributed by atoms with E-state index in [9.17, 15) is 0 Å². The summed E-state index contributed by atoms with van der Waals surface area (Å²) in [7, 11) is 0. The quantitative estimate of drug-likeness (QED) is 0.797. The molecule has 6 heteroatoms. The van der Waals surface area contributed by atoms with Crippen molar-refractivity contribution in [1.82, 2.24) is 25.4 Å². The maximum atomic E-state index is 5.31. The second-order valence-electron chi connectivity index (χ2n) is 5.60. The van der Waals surface area contributed by atoms with Gasteiger partial charge in [0.15, 0.2) is 12.0 Å². The Morgan fingerprint density at radius 1 is 1.48 bits per heavy atom. The lowest BCUT2D eigenvalue weighted by molar-refractivity contribution is 0.291. The summed E-state index contributed by atoms with van der Waals surface area (Å²) in [6, 6.07) is 0. The molecule has 1 saturated carbocycles. The van der Waals surface area contributed by atoms with Crippen molar-refractivity contribution in [3.8, 4) is 0 Å². The van der Waals surface area contributed by atoms with Crippen molar-refractivity contribution in [1.29, 1.82) is 0 Å². The van der Waals surface area contributed by atoms with Gasteiger partial charge in [0.05, 0.1) is 12.2 Å². The third-order valence-corrected chi connectivity index (χ3v) is 4.07. The van der Waals surface area contributed by atoms with Crippen molar-refractivity contribution >= 4 is 12.2 Å². The Morgan fingerprint density at radius 3 is 3.05 bits per heavy atom. The first-order valence-electron chi connectivity index (χ1n) is 7.70. The first-order valence-corrected chi connectivity index (χ1v) is 7.70. The minimum Gasteiger partial charge on any atom is -0.339 e. The van der Waals surface area contributed by atoms with Gasteiger partial charge >= 0.3 is 5.96 Å². The first kappa shape index (κ1) is 13.9. The third-order valence-electron chi connectivity index (χ3n) is 4.07. The molecule has 0 aromatic carbocycles. The van der Waals surface area contributed by atoms with Gasteiger partial charge < -0.3 is 4.52 Å². The van der Waals surface area contributed by atoms with Crippen LogP contribution in [0.1, 0.15) is 57.2 Å². The minimum atomic E-state index is 0.499. The van der Waals surface area contributed by atoms with Crippen LogP contribution in [0.15, 0.2) is 15.8 Å². The van der Waals surface area contributed by atoms with E-state index >= 15 is 0 Å². The summed E-state index contributed by atoms with van der Waals surface area (Å²) in [6.45, 7) is 4.93. The average Bonchev–Trinajstić information content (AvgIpc) is 2.87. The second-order valence-corrected chi connectivity index (χ2v) is 5.60. The van der Waals surface area contributed by atoms with Gasteiger partial charge in [-0.05, 0) is 26.2 Å². The molecule has 1 aliphatic heterocycles. The highest BCUT2D eigenvalue weighted by Crippen LogP contribution is 2.35. The molecule has 2 aliphatic rings. The molecular formula is C15H22N5O+. The molecule has 1 aromatic rings. The molecule has 0 saturated heterocycles. The van der Waals surface area contributed by atoms with E-state index < -0.39 is 0 Å². The SMILES string of the molecule is CCC1=C(C)C=[N+]=C(NCCc2noc(C3CCC3)n2)N1. The molecule has 1 aromatic heterocycles. The number of hydrogen-bond acceptors (Lipinski definition) is 5. The Balaban J connectivity index is 1.48. The van der Waals surface area contributed by atoms with Crippen LogP contribution in [0.4, 0.5) is 0 Å². The predicted octanol–water partition coefficient (Wildman–Crippen LogP) is 1.25. The predicted molar refractivity (Wildman–Crippen MR) is 81.9 cm³/mol. The van der Waals surface area contributed by atoms with E-state index in [0.29, 0.717) is 5.92 Å². The fraction of sp³-hybridized carbons (Fsp3) is 0.600. The highest BCUT2D eigenvalue weighted by molar-refractivity contribution is 5.91. The van der Waals surface area contributed by atoms with Crippen molar-refractivity contribution in [2.24, 2.45) is 0 Å². The van der Waals surface area contributed by atoms with Crippen molar-refractivity contribution in [3.05, 3.63) is 23.0 Å². The Kier molecular flexibility index (Phi) is 4.06. The van der Waals surface area contributed by atoms with Crippen molar-refractivity contribution in [2.45, 2.75) is 51.9 Å². The van der Waals surface area contributed by atoms with Gasteiger partial charge in [-0.3, -0.25) is 5.32 Å². The third kappa shape index (κ3) is 3.16. The molecule has 3 rings (SSSR count). The topological polar surface area (TPSA) is 77.1 Å². The lowest BCUT2D eigenvalue weighted by Crippen LogP contribution is -2.41. The van der Waals surface area contributed by atoms with Crippen LogP contribution in [-0.2, 0) is 6.42 Å². The average molecular weight is 288 g/mol. The molecule has 112 valence electrons. The lowest BCUT2D eigenvalue weighted by atomic mass is 9.85. The number of guanidine groups is 1. The summed E-state index contributed by atoms with van der Waals surface area (Å²) < 4.78 is 9.65. The number of aromatic nitrogens is 2. The van der Waals surface area contributed by atoms with Gasteiger partial charge in [0.25, 0.3) is 0 Å². The van der Waals surface area contributed by atoms with E-state index in [4.69, 9.17) is 4.52 Å². The number of nitrogens with one attached hydrogen (secondary N) is 2. The Hall–Kier alpha value is -2.07. The molecule has 6 nitrogen and oxygen atoms in total. The molecule has 1 fully saturated rings. The second kappa shape index (κ2) is 6.14. The zero-order chi connectivity index (χ0) is 14.7. The molecule has 21 heavy (non-hydrogen) atoms. The van der Waals surface area contributed by atoms with E-state index in [2.05, 4.69) is 39.3 Å². The van der Waals surface area contributed by atoms with E-state index in [-0.39, 0.29) is 0 Å². The van der Waals surface area contributed by atoms with Gasteiger partial charge in [-0.2, -0.15) is 4.98 Å². The van der Waals surface area contributed by atoms with Crippen molar-refractivity contribution in [3.63, 3.8) is 0 Å². The van der Waals surface area contributed by atoms with Crippen LogP contribution < -0.4 is 15.3 Å². The number of rotatable bonds is 5. The zero-order valence-electron chi connectivity index (χ0n) is 12.6. The van der Waals surface area contributed by atoms with Crippen LogP contribution in [0.3, 0.4) is 0 Å². The summed E-state index contributed by atoms with van der Waals surface area (Å²) in [5, 5.41) is 10.6. The van der Waals surface area contributed by atoms with E-state index in [1.807, 2.05) is 6.21 Å². The Labute approximate surface area is 124 Å². The first-order chi connectivity index (χ1) is 10.3. The standard InChI is InChI=1S/C15H21N5O/c1-3-12-10(2)9-17-15(18-12)16-8-7-13-19-14(21-20-13)11-5-4-6-11/h9,11H,3-8H2,1-2H3,(H,16,17,18)/p+1. The van der Waals surface area contributed by atoms with Crippen LogP contribution in [-0.4, -0.2) is 28.9 Å². The monoisotopic (exact) mass is 288 g/mol. The molecule has 0 bridgehead atoms. The summed E-state index contributed by atoms with van der Waals surface area (Å²) in [5.41, 5.74) is 2.39. The molecule has 1 aliphatic carbocycles. The van der Waals surface area contributed by atoms with Gasteiger partial charge in [0.1, 0.15) is 0 Å². The summed E-state index contributed by atoms with van der Waals surface area (Å²) in [5.74, 6) is 2.87. The van der Waals surface area contributed by atoms with Crippen LogP contribution in [0, 0.1) is 0 Å². The molecule has 0 atom stereocenters. The zero-order valence-corrected chi connectivity index (χ0v) is 12.6. The van der Waals surface area contributed by atoms with Crippen molar-refractivity contribution < 1.29 is 4.52 Å². The fourth-order valence-corrected chi connectivity index (χ4v) is 2.45. The number of nitrogens with zero attached hydrogens (tertiary/aromatic N) is 3. The Bertz CT molecular complexity index is 605. The Morgan fingerprint density at radius 2 is 2.33 bits per heavy atom. The molecule has 0 radical (unpaired) electrons. The highest BCUT2D eigenvalue weighted by Gasteiger charge is 2.25. The van der Waals surface area contributed by atoms with Gasteiger partial charge in [0, 0.05) is 17.9 Å². The van der Waals surface area contributed by atoms with Crippen LogP contribution >= 0.6 is 0 Å². The summed E-state index contributed by atoms with van der Waals surface area (Å²) in [6.07, 6.45) is 7.24. The van der Waals surface area contributed by atoms with E-state index in [1.165, 1.54) is 30.5 Å². The molecule has 0 amide bonds. The largest absolute Gasteiger partial charge is 0.443 e. The molecule has 0 spiro atoms. The van der Waals surface area contributed by atoms with Crippen LogP contribution in [0.2, 0.25) is 0 Å². The van der Waals surface area contributed by atoms with E-state index in [1.54, 1.807) is 0 Å². The smallest absolute Gasteiger partial charge is 0.339 e. The van der Waals surface area contributed by atoms with Crippen LogP contribution in [0.5, 0.6) is 0 Å². The normalized spacial score (nSPS) is 18.3.